The molecule has 20 heavy (non-hydrogen) atoms. The highest BCUT2D eigenvalue weighted by atomic mass is 15.1. The highest BCUT2D eigenvalue weighted by molar-refractivity contribution is 5.27. The van der Waals surface area contributed by atoms with Crippen LogP contribution in [0.3, 0.4) is 0 Å². The van der Waals surface area contributed by atoms with Crippen molar-refractivity contribution >= 4 is 0 Å². The van der Waals surface area contributed by atoms with Gasteiger partial charge in [-0.25, -0.2) is 0 Å². The number of aryl methyl sites for hydroxylation is 1. The SMILES string of the molecule is Cc1ccc(CN(C)Cc2ccccc2CCN)cc1. The molecule has 2 N–H and O–H groups in total. The van der Waals surface area contributed by atoms with Gasteiger partial charge in [0, 0.05) is 13.1 Å². The predicted molar refractivity (Wildman–Crippen MR) is 85.6 cm³/mol. The van der Waals surface area contributed by atoms with E-state index in [4.69, 9.17) is 5.73 Å². The molecule has 0 saturated carbocycles. The molecule has 0 fully saturated rings. The number of rotatable bonds is 6. The van der Waals surface area contributed by atoms with Crippen molar-refractivity contribution in [2.75, 3.05) is 13.6 Å². The van der Waals surface area contributed by atoms with Gasteiger partial charge in [-0.1, -0.05) is 54.1 Å². The Hall–Kier alpha value is -1.64. The van der Waals surface area contributed by atoms with Gasteiger partial charge in [-0.3, -0.25) is 4.90 Å². The van der Waals surface area contributed by atoms with Crippen LogP contribution in [0.5, 0.6) is 0 Å². The molecule has 0 aromatic heterocycles. The Morgan fingerprint density at radius 2 is 1.55 bits per heavy atom. The van der Waals surface area contributed by atoms with Crippen LogP contribution in [-0.2, 0) is 19.5 Å². The van der Waals surface area contributed by atoms with Crippen LogP contribution in [0.1, 0.15) is 22.3 Å². The van der Waals surface area contributed by atoms with Crippen LogP contribution in [0.15, 0.2) is 48.5 Å². The molecule has 2 aromatic rings. The van der Waals surface area contributed by atoms with Gasteiger partial charge < -0.3 is 5.73 Å². The fraction of sp³-hybridized carbons (Fsp3) is 0.333. The maximum atomic E-state index is 5.68. The van der Waals surface area contributed by atoms with Crippen molar-refractivity contribution in [1.29, 1.82) is 0 Å². The number of nitrogens with zero attached hydrogens (tertiary/aromatic N) is 1. The lowest BCUT2D eigenvalue weighted by Crippen LogP contribution is -2.18. The topological polar surface area (TPSA) is 29.3 Å². The highest BCUT2D eigenvalue weighted by Gasteiger charge is 2.05. The fourth-order valence-electron chi connectivity index (χ4n) is 2.46. The third-order valence-electron chi connectivity index (χ3n) is 3.55. The molecule has 0 unspecified atom stereocenters. The minimum Gasteiger partial charge on any atom is -0.330 e. The Kier molecular flexibility index (Phi) is 5.33. The van der Waals surface area contributed by atoms with Crippen molar-refractivity contribution < 1.29 is 0 Å². The van der Waals surface area contributed by atoms with E-state index >= 15 is 0 Å². The molecule has 0 aliphatic carbocycles. The van der Waals surface area contributed by atoms with Gasteiger partial charge in [-0.2, -0.15) is 0 Å². The zero-order valence-electron chi connectivity index (χ0n) is 12.5. The van der Waals surface area contributed by atoms with Crippen molar-refractivity contribution in [2.24, 2.45) is 5.73 Å². The van der Waals surface area contributed by atoms with E-state index in [1.807, 2.05) is 0 Å². The van der Waals surface area contributed by atoms with Gasteiger partial charge in [0.05, 0.1) is 0 Å². The summed E-state index contributed by atoms with van der Waals surface area (Å²) in [6.45, 7) is 4.76. The van der Waals surface area contributed by atoms with Crippen LogP contribution in [0.25, 0.3) is 0 Å². The zero-order chi connectivity index (χ0) is 14.4. The van der Waals surface area contributed by atoms with Crippen molar-refractivity contribution in [3.63, 3.8) is 0 Å². The van der Waals surface area contributed by atoms with E-state index in [0.29, 0.717) is 6.54 Å². The van der Waals surface area contributed by atoms with E-state index in [2.05, 4.69) is 67.4 Å². The summed E-state index contributed by atoms with van der Waals surface area (Å²) in [4.78, 5) is 2.35. The van der Waals surface area contributed by atoms with Gasteiger partial charge >= 0.3 is 0 Å². The molecule has 2 nitrogen and oxygen atoms in total. The molecule has 106 valence electrons. The molecule has 0 heterocycles. The summed E-state index contributed by atoms with van der Waals surface area (Å²) in [5, 5.41) is 0. The smallest absolute Gasteiger partial charge is 0.0236 e. The summed E-state index contributed by atoms with van der Waals surface area (Å²) in [5.74, 6) is 0. The normalized spacial score (nSPS) is 11.0. The second-order valence-electron chi connectivity index (χ2n) is 5.47. The Labute approximate surface area is 122 Å². The quantitative estimate of drug-likeness (QED) is 0.872. The Bertz CT molecular complexity index is 531. The Balaban J connectivity index is 2.00. The van der Waals surface area contributed by atoms with Crippen molar-refractivity contribution in [2.45, 2.75) is 26.4 Å². The highest BCUT2D eigenvalue weighted by Crippen LogP contribution is 2.13. The van der Waals surface area contributed by atoms with Crippen molar-refractivity contribution in [3.8, 4) is 0 Å². The summed E-state index contributed by atoms with van der Waals surface area (Å²) < 4.78 is 0. The zero-order valence-corrected chi connectivity index (χ0v) is 12.5. The summed E-state index contributed by atoms with van der Waals surface area (Å²) in [7, 11) is 2.17. The van der Waals surface area contributed by atoms with Crippen LogP contribution in [0.2, 0.25) is 0 Å². The molecular formula is C18H24N2. The summed E-state index contributed by atoms with van der Waals surface area (Å²) in [5.41, 5.74) is 11.1. The molecule has 2 aromatic carbocycles. The van der Waals surface area contributed by atoms with E-state index in [-0.39, 0.29) is 0 Å². The number of hydrogen-bond donors (Lipinski definition) is 1. The minimum atomic E-state index is 0.707. The minimum absolute atomic E-state index is 0.707. The van der Waals surface area contributed by atoms with Gasteiger partial charge in [0.25, 0.3) is 0 Å². The van der Waals surface area contributed by atoms with Crippen LogP contribution in [0, 0.1) is 6.92 Å². The van der Waals surface area contributed by atoms with Crippen molar-refractivity contribution in [1.82, 2.24) is 4.90 Å². The van der Waals surface area contributed by atoms with Gasteiger partial charge in [0.1, 0.15) is 0 Å². The van der Waals surface area contributed by atoms with E-state index in [9.17, 15) is 0 Å². The number of nitrogens with two attached hydrogens (primary N) is 1. The van der Waals surface area contributed by atoms with Crippen LogP contribution in [0.4, 0.5) is 0 Å². The lowest BCUT2D eigenvalue weighted by atomic mass is 10.0. The van der Waals surface area contributed by atoms with Crippen LogP contribution < -0.4 is 5.73 Å². The van der Waals surface area contributed by atoms with Gasteiger partial charge in [-0.15, -0.1) is 0 Å². The molecule has 0 bridgehead atoms. The number of benzene rings is 2. The van der Waals surface area contributed by atoms with Gasteiger partial charge in [0.2, 0.25) is 0 Å². The summed E-state index contributed by atoms with van der Waals surface area (Å²) in [6, 6.07) is 17.3. The van der Waals surface area contributed by atoms with Crippen LogP contribution in [-0.4, -0.2) is 18.5 Å². The maximum Gasteiger partial charge on any atom is 0.0236 e. The Morgan fingerprint density at radius 3 is 2.20 bits per heavy atom. The van der Waals surface area contributed by atoms with Crippen LogP contribution >= 0.6 is 0 Å². The van der Waals surface area contributed by atoms with E-state index in [1.54, 1.807) is 0 Å². The molecular weight excluding hydrogens is 244 g/mol. The lowest BCUT2D eigenvalue weighted by Gasteiger charge is -2.19. The maximum absolute atomic E-state index is 5.68. The third-order valence-corrected chi connectivity index (χ3v) is 3.55. The van der Waals surface area contributed by atoms with Gasteiger partial charge in [-0.05, 0) is 43.6 Å². The molecule has 2 heteroatoms. The Morgan fingerprint density at radius 1 is 0.900 bits per heavy atom. The molecule has 0 atom stereocenters. The first kappa shape index (κ1) is 14.8. The largest absolute Gasteiger partial charge is 0.330 e. The molecule has 0 radical (unpaired) electrons. The molecule has 0 saturated heterocycles. The first-order valence-corrected chi connectivity index (χ1v) is 7.20. The molecule has 0 amide bonds. The second-order valence-corrected chi connectivity index (χ2v) is 5.47. The third kappa shape index (κ3) is 4.19. The first-order chi connectivity index (χ1) is 9.69. The van der Waals surface area contributed by atoms with E-state index in [0.717, 1.165) is 19.5 Å². The summed E-state index contributed by atoms with van der Waals surface area (Å²) >= 11 is 0. The van der Waals surface area contributed by atoms with E-state index < -0.39 is 0 Å². The molecule has 0 spiro atoms. The first-order valence-electron chi connectivity index (χ1n) is 7.20. The van der Waals surface area contributed by atoms with E-state index in [1.165, 1.54) is 22.3 Å². The number of hydrogen-bond acceptors (Lipinski definition) is 2. The van der Waals surface area contributed by atoms with Crippen molar-refractivity contribution in [3.05, 3.63) is 70.8 Å². The molecule has 0 aliphatic rings. The van der Waals surface area contributed by atoms with Gasteiger partial charge in [0.15, 0.2) is 0 Å². The fourth-order valence-corrected chi connectivity index (χ4v) is 2.46. The summed E-state index contributed by atoms with van der Waals surface area (Å²) in [6.07, 6.45) is 0.953. The predicted octanol–water partition coefficient (Wildman–Crippen LogP) is 3.13. The lowest BCUT2D eigenvalue weighted by molar-refractivity contribution is 0.318. The molecule has 0 aliphatic heterocycles. The second kappa shape index (κ2) is 7.22. The average molecular weight is 268 g/mol. The average Bonchev–Trinajstić information content (AvgIpc) is 2.44. The standard InChI is InChI=1S/C18H24N2/c1-15-7-9-16(10-8-15)13-20(2)14-18-6-4-3-5-17(18)11-12-19/h3-10H,11-14,19H2,1-2H3. The monoisotopic (exact) mass is 268 g/mol. The molecule has 2 rings (SSSR count).